The monoisotopic (exact) mass is 376 g/mol. The Balaban J connectivity index is 1.28. The van der Waals surface area contributed by atoms with Gasteiger partial charge in [-0.1, -0.05) is 30.3 Å². The second kappa shape index (κ2) is 7.96. The summed E-state index contributed by atoms with van der Waals surface area (Å²) in [5, 5.41) is 7.39. The van der Waals surface area contributed by atoms with E-state index in [1.807, 2.05) is 53.3 Å². The number of rotatable bonds is 7. The molecule has 0 aliphatic rings. The average Bonchev–Trinajstić information content (AvgIpc) is 3.31. The van der Waals surface area contributed by atoms with Crippen LogP contribution < -0.4 is 11.1 Å². The Hall–Kier alpha value is -3.61. The summed E-state index contributed by atoms with van der Waals surface area (Å²) in [6, 6.07) is 19.0. The van der Waals surface area contributed by atoms with Crippen LogP contribution in [0.3, 0.4) is 0 Å². The quantitative estimate of drug-likeness (QED) is 0.537. The highest BCUT2D eigenvalue weighted by molar-refractivity contribution is 5.76. The van der Waals surface area contributed by atoms with E-state index in [0.29, 0.717) is 24.1 Å². The van der Waals surface area contributed by atoms with Crippen LogP contribution in [0.4, 0.5) is 0 Å². The van der Waals surface area contributed by atoms with Gasteiger partial charge < -0.3 is 9.73 Å². The fraction of sp³-hybridized carbons (Fsp3) is 0.190. The minimum atomic E-state index is -0.444. The van der Waals surface area contributed by atoms with Gasteiger partial charge in [0.2, 0.25) is 5.91 Å². The second-order valence-corrected chi connectivity index (χ2v) is 6.42. The number of carbonyl (C=O) groups excluding carboxylic acids is 1. The summed E-state index contributed by atoms with van der Waals surface area (Å²) in [6.07, 6.45) is 2.75. The lowest BCUT2D eigenvalue weighted by atomic mass is 10.3. The van der Waals surface area contributed by atoms with E-state index in [1.54, 1.807) is 18.2 Å². The number of amides is 1. The highest BCUT2D eigenvalue weighted by Gasteiger charge is 2.10. The first-order valence-electron chi connectivity index (χ1n) is 9.16. The largest absolute Gasteiger partial charge is 0.419 e. The molecular weight excluding hydrogens is 356 g/mol. The van der Waals surface area contributed by atoms with E-state index < -0.39 is 5.76 Å². The molecule has 1 N–H and O–H groups in total. The Morgan fingerprint density at radius 1 is 1.04 bits per heavy atom. The first kappa shape index (κ1) is 17.8. The van der Waals surface area contributed by atoms with Crippen molar-refractivity contribution >= 4 is 17.0 Å². The minimum Gasteiger partial charge on any atom is -0.408 e. The summed E-state index contributed by atoms with van der Waals surface area (Å²) in [7, 11) is 0. The van der Waals surface area contributed by atoms with E-state index in [-0.39, 0.29) is 18.9 Å². The second-order valence-electron chi connectivity index (χ2n) is 6.42. The standard InChI is InChI=1S/C21H20N4O3/c26-20(12-14-24-18-8-4-5-9-19(18)28-21(24)27)22-13-10-16-11-15-25(23-16)17-6-2-1-3-7-17/h1-9,11,15H,10,12-14H2,(H,22,26). The summed E-state index contributed by atoms with van der Waals surface area (Å²) < 4.78 is 8.47. The van der Waals surface area contributed by atoms with Gasteiger partial charge in [0.05, 0.1) is 16.9 Å². The van der Waals surface area contributed by atoms with Gasteiger partial charge in [0, 0.05) is 32.1 Å². The number of oxazole rings is 1. The van der Waals surface area contributed by atoms with Crippen molar-refractivity contribution in [2.75, 3.05) is 6.54 Å². The van der Waals surface area contributed by atoms with E-state index in [0.717, 1.165) is 11.4 Å². The van der Waals surface area contributed by atoms with Crippen molar-refractivity contribution in [2.24, 2.45) is 0 Å². The topological polar surface area (TPSA) is 82.1 Å². The molecule has 2 aromatic heterocycles. The number of nitrogens with zero attached hydrogens (tertiary/aromatic N) is 3. The molecule has 28 heavy (non-hydrogen) atoms. The van der Waals surface area contributed by atoms with Crippen molar-refractivity contribution in [3.05, 3.63) is 83.1 Å². The van der Waals surface area contributed by atoms with Crippen molar-refractivity contribution < 1.29 is 9.21 Å². The van der Waals surface area contributed by atoms with Crippen LogP contribution in [-0.2, 0) is 17.8 Å². The highest BCUT2D eigenvalue weighted by atomic mass is 16.4. The molecule has 0 saturated carbocycles. The minimum absolute atomic E-state index is 0.111. The fourth-order valence-electron chi connectivity index (χ4n) is 3.08. The first-order chi connectivity index (χ1) is 13.7. The van der Waals surface area contributed by atoms with Crippen LogP contribution in [0.5, 0.6) is 0 Å². The number of fused-ring (bicyclic) bond motifs is 1. The number of aromatic nitrogens is 3. The molecule has 0 aliphatic carbocycles. The van der Waals surface area contributed by atoms with Gasteiger partial charge in [-0.25, -0.2) is 9.48 Å². The molecule has 0 saturated heterocycles. The zero-order chi connectivity index (χ0) is 19.3. The molecule has 2 heterocycles. The average molecular weight is 376 g/mol. The number of hydrogen-bond donors (Lipinski definition) is 1. The Morgan fingerprint density at radius 3 is 2.68 bits per heavy atom. The van der Waals surface area contributed by atoms with Crippen LogP contribution in [-0.4, -0.2) is 26.8 Å². The van der Waals surface area contributed by atoms with Crippen LogP contribution >= 0.6 is 0 Å². The highest BCUT2D eigenvalue weighted by Crippen LogP contribution is 2.12. The van der Waals surface area contributed by atoms with Crippen LogP contribution in [0.2, 0.25) is 0 Å². The maximum atomic E-state index is 12.1. The lowest BCUT2D eigenvalue weighted by Crippen LogP contribution is -2.28. The van der Waals surface area contributed by atoms with Gasteiger partial charge in [0.15, 0.2) is 5.58 Å². The van der Waals surface area contributed by atoms with Crippen molar-refractivity contribution in [1.29, 1.82) is 0 Å². The van der Waals surface area contributed by atoms with Crippen LogP contribution in [0, 0.1) is 0 Å². The number of para-hydroxylation sites is 3. The Kier molecular flexibility index (Phi) is 5.05. The molecule has 142 valence electrons. The van der Waals surface area contributed by atoms with Crippen molar-refractivity contribution in [3.63, 3.8) is 0 Å². The van der Waals surface area contributed by atoms with Crippen molar-refractivity contribution in [3.8, 4) is 5.69 Å². The van der Waals surface area contributed by atoms with Crippen molar-refractivity contribution in [2.45, 2.75) is 19.4 Å². The van der Waals surface area contributed by atoms with Crippen LogP contribution in [0.15, 0.2) is 76.1 Å². The number of carbonyl (C=O) groups is 1. The number of nitrogens with one attached hydrogen (secondary N) is 1. The summed E-state index contributed by atoms with van der Waals surface area (Å²) in [6.45, 7) is 0.774. The van der Waals surface area contributed by atoms with Gasteiger partial charge in [0.25, 0.3) is 0 Å². The Morgan fingerprint density at radius 2 is 1.82 bits per heavy atom. The molecule has 0 aliphatic heterocycles. The van der Waals surface area contributed by atoms with Crippen molar-refractivity contribution in [1.82, 2.24) is 19.7 Å². The molecule has 0 spiro atoms. The summed E-state index contributed by atoms with van der Waals surface area (Å²) in [4.78, 5) is 24.0. The van der Waals surface area contributed by atoms with E-state index >= 15 is 0 Å². The third-order valence-corrected chi connectivity index (χ3v) is 4.50. The fourth-order valence-corrected chi connectivity index (χ4v) is 3.08. The molecule has 0 unspecified atom stereocenters. The zero-order valence-electron chi connectivity index (χ0n) is 15.2. The predicted molar refractivity (Wildman–Crippen MR) is 105 cm³/mol. The molecule has 0 bridgehead atoms. The third kappa shape index (κ3) is 3.88. The van der Waals surface area contributed by atoms with E-state index in [2.05, 4.69) is 10.4 Å². The van der Waals surface area contributed by atoms with Gasteiger partial charge in [-0.2, -0.15) is 5.10 Å². The number of benzene rings is 2. The van der Waals surface area contributed by atoms with Gasteiger partial charge in [0.1, 0.15) is 0 Å². The molecule has 1 amide bonds. The summed E-state index contributed by atoms with van der Waals surface area (Å²) in [5.74, 6) is -0.555. The van der Waals surface area contributed by atoms with E-state index in [9.17, 15) is 9.59 Å². The molecule has 2 aromatic carbocycles. The Bertz CT molecular complexity index is 1140. The van der Waals surface area contributed by atoms with E-state index in [1.165, 1.54) is 4.57 Å². The third-order valence-electron chi connectivity index (χ3n) is 4.50. The molecule has 7 heteroatoms. The number of hydrogen-bond acceptors (Lipinski definition) is 4. The molecular formula is C21H20N4O3. The summed E-state index contributed by atoms with van der Waals surface area (Å²) in [5.41, 5.74) is 3.13. The van der Waals surface area contributed by atoms with Crippen LogP contribution in [0.25, 0.3) is 16.8 Å². The lowest BCUT2D eigenvalue weighted by Gasteiger charge is -2.05. The summed E-state index contributed by atoms with van der Waals surface area (Å²) >= 11 is 0. The molecule has 4 aromatic rings. The predicted octanol–water partition coefficient (Wildman–Crippen LogP) is 2.53. The normalized spacial score (nSPS) is 11.0. The van der Waals surface area contributed by atoms with E-state index in [4.69, 9.17) is 4.42 Å². The van der Waals surface area contributed by atoms with Gasteiger partial charge in [-0.3, -0.25) is 9.36 Å². The zero-order valence-corrected chi connectivity index (χ0v) is 15.2. The maximum absolute atomic E-state index is 12.1. The van der Waals surface area contributed by atoms with Crippen LogP contribution in [0.1, 0.15) is 12.1 Å². The maximum Gasteiger partial charge on any atom is 0.419 e. The molecule has 7 nitrogen and oxygen atoms in total. The Labute approximate surface area is 161 Å². The molecule has 0 radical (unpaired) electrons. The van der Waals surface area contributed by atoms with Gasteiger partial charge in [-0.05, 0) is 30.3 Å². The smallest absolute Gasteiger partial charge is 0.408 e. The molecule has 4 rings (SSSR count). The molecule has 0 fully saturated rings. The molecule has 0 atom stereocenters. The van der Waals surface area contributed by atoms with Gasteiger partial charge in [-0.15, -0.1) is 0 Å². The van der Waals surface area contributed by atoms with Gasteiger partial charge >= 0.3 is 5.76 Å². The lowest BCUT2D eigenvalue weighted by molar-refractivity contribution is -0.121. The number of aryl methyl sites for hydroxylation is 1. The first-order valence-corrected chi connectivity index (χ1v) is 9.16. The SMILES string of the molecule is O=C(CCn1c(=O)oc2ccccc21)NCCc1ccn(-c2ccccc2)n1.